The second kappa shape index (κ2) is 5.60. The zero-order chi connectivity index (χ0) is 13.0. The lowest BCUT2D eigenvalue weighted by Crippen LogP contribution is -2.02. The van der Waals surface area contributed by atoms with Crippen molar-refractivity contribution in [2.45, 2.75) is 26.3 Å². The van der Waals surface area contributed by atoms with Crippen LogP contribution in [0.2, 0.25) is 0 Å². The van der Waals surface area contributed by atoms with Crippen LogP contribution in [0.1, 0.15) is 30.9 Å². The number of benzene rings is 1. The standard InChI is InChI=1S/C14H17N3O/c1-10(2)11-4-3-5-13(8-11)18-14-12(9-15)6-7-16-17-14/h3-8,10H,9,15H2,1-2H3. The van der Waals surface area contributed by atoms with E-state index < -0.39 is 0 Å². The summed E-state index contributed by atoms with van der Waals surface area (Å²) >= 11 is 0. The van der Waals surface area contributed by atoms with Crippen molar-refractivity contribution in [3.05, 3.63) is 47.7 Å². The zero-order valence-electron chi connectivity index (χ0n) is 10.6. The first-order valence-electron chi connectivity index (χ1n) is 5.99. The average Bonchev–Trinajstić information content (AvgIpc) is 2.39. The van der Waals surface area contributed by atoms with Gasteiger partial charge in [-0.15, -0.1) is 5.10 Å². The maximum Gasteiger partial charge on any atom is 0.243 e. The van der Waals surface area contributed by atoms with Crippen molar-refractivity contribution in [1.29, 1.82) is 0 Å². The number of hydrogen-bond donors (Lipinski definition) is 1. The molecule has 1 aromatic carbocycles. The third kappa shape index (κ3) is 2.84. The van der Waals surface area contributed by atoms with Crippen LogP contribution in [-0.4, -0.2) is 10.2 Å². The summed E-state index contributed by atoms with van der Waals surface area (Å²) in [5.41, 5.74) is 7.71. The van der Waals surface area contributed by atoms with Gasteiger partial charge in [-0.2, -0.15) is 5.10 Å². The molecule has 0 spiro atoms. The van der Waals surface area contributed by atoms with Gasteiger partial charge in [0.05, 0.1) is 6.20 Å². The number of aromatic nitrogens is 2. The highest BCUT2D eigenvalue weighted by Crippen LogP contribution is 2.25. The molecule has 2 N–H and O–H groups in total. The topological polar surface area (TPSA) is 61.0 Å². The molecule has 0 saturated heterocycles. The number of hydrogen-bond acceptors (Lipinski definition) is 4. The Morgan fingerprint density at radius 3 is 2.83 bits per heavy atom. The number of nitrogens with zero attached hydrogens (tertiary/aromatic N) is 2. The van der Waals surface area contributed by atoms with Gasteiger partial charge in [-0.25, -0.2) is 0 Å². The fraction of sp³-hybridized carbons (Fsp3) is 0.286. The Labute approximate surface area is 107 Å². The second-order valence-electron chi connectivity index (χ2n) is 4.39. The lowest BCUT2D eigenvalue weighted by Gasteiger charge is -2.10. The molecule has 1 heterocycles. The highest BCUT2D eigenvalue weighted by Gasteiger charge is 2.06. The predicted molar refractivity (Wildman–Crippen MR) is 70.5 cm³/mol. The zero-order valence-corrected chi connectivity index (χ0v) is 10.6. The molecule has 0 bridgehead atoms. The van der Waals surface area contributed by atoms with Crippen molar-refractivity contribution >= 4 is 0 Å². The Kier molecular flexibility index (Phi) is 3.89. The summed E-state index contributed by atoms with van der Waals surface area (Å²) in [5.74, 6) is 1.70. The van der Waals surface area contributed by atoms with Crippen molar-refractivity contribution in [2.24, 2.45) is 5.73 Å². The summed E-state index contributed by atoms with van der Waals surface area (Å²) in [6.45, 7) is 4.67. The van der Waals surface area contributed by atoms with Crippen LogP contribution in [0.15, 0.2) is 36.5 Å². The molecule has 1 aromatic heterocycles. The Bertz CT molecular complexity index is 526. The van der Waals surface area contributed by atoms with Crippen LogP contribution in [0.5, 0.6) is 11.6 Å². The number of rotatable bonds is 4. The van der Waals surface area contributed by atoms with Gasteiger partial charge in [0.2, 0.25) is 5.88 Å². The Morgan fingerprint density at radius 1 is 1.28 bits per heavy atom. The summed E-state index contributed by atoms with van der Waals surface area (Å²) < 4.78 is 5.74. The van der Waals surface area contributed by atoms with E-state index in [-0.39, 0.29) is 0 Å². The molecule has 4 heteroatoms. The van der Waals surface area contributed by atoms with Gasteiger partial charge in [-0.05, 0) is 29.7 Å². The van der Waals surface area contributed by atoms with Crippen LogP contribution < -0.4 is 10.5 Å². The molecule has 94 valence electrons. The summed E-state index contributed by atoms with van der Waals surface area (Å²) in [6, 6.07) is 9.79. The van der Waals surface area contributed by atoms with Crippen LogP contribution in [-0.2, 0) is 6.54 Å². The quantitative estimate of drug-likeness (QED) is 0.897. The lowest BCUT2D eigenvalue weighted by atomic mass is 10.0. The fourth-order valence-corrected chi connectivity index (χ4v) is 1.63. The first-order chi connectivity index (χ1) is 8.70. The first-order valence-corrected chi connectivity index (χ1v) is 5.99. The molecular weight excluding hydrogens is 226 g/mol. The average molecular weight is 243 g/mol. The Morgan fingerprint density at radius 2 is 2.11 bits per heavy atom. The van der Waals surface area contributed by atoms with Gasteiger partial charge in [0, 0.05) is 12.1 Å². The minimum absolute atomic E-state index is 0.384. The van der Waals surface area contributed by atoms with Crippen molar-refractivity contribution in [3.8, 4) is 11.6 Å². The van der Waals surface area contributed by atoms with E-state index in [1.807, 2.05) is 24.3 Å². The molecular formula is C14H17N3O. The van der Waals surface area contributed by atoms with Crippen LogP contribution in [0.3, 0.4) is 0 Å². The summed E-state index contributed by atoms with van der Waals surface area (Å²) in [7, 11) is 0. The third-order valence-corrected chi connectivity index (χ3v) is 2.72. The highest BCUT2D eigenvalue weighted by atomic mass is 16.5. The normalized spacial score (nSPS) is 10.7. The predicted octanol–water partition coefficient (Wildman–Crippen LogP) is 2.85. The van der Waals surface area contributed by atoms with Gasteiger partial charge in [0.15, 0.2) is 0 Å². The summed E-state index contributed by atoms with van der Waals surface area (Å²) in [6.07, 6.45) is 1.61. The van der Waals surface area contributed by atoms with Gasteiger partial charge in [-0.3, -0.25) is 0 Å². The molecule has 18 heavy (non-hydrogen) atoms. The fourth-order valence-electron chi connectivity index (χ4n) is 1.63. The van der Waals surface area contributed by atoms with Crippen molar-refractivity contribution in [3.63, 3.8) is 0 Å². The van der Waals surface area contributed by atoms with Crippen molar-refractivity contribution < 1.29 is 4.74 Å². The highest BCUT2D eigenvalue weighted by molar-refractivity contribution is 5.34. The minimum atomic E-state index is 0.384. The van der Waals surface area contributed by atoms with E-state index in [0.717, 1.165) is 11.3 Å². The molecule has 0 aliphatic rings. The van der Waals surface area contributed by atoms with Crippen molar-refractivity contribution in [1.82, 2.24) is 10.2 Å². The van der Waals surface area contributed by atoms with E-state index in [0.29, 0.717) is 18.3 Å². The largest absolute Gasteiger partial charge is 0.437 e. The summed E-state index contributed by atoms with van der Waals surface area (Å²) in [5, 5.41) is 7.78. The molecule has 0 aliphatic heterocycles. The molecule has 0 fully saturated rings. The Balaban J connectivity index is 2.25. The van der Waals surface area contributed by atoms with E-state index in [1.165, 1.54) is 5.56 Å². The maximum absolute atomic E-state index is 5.74. The third-order valence-electron chi connectivity index (χ3n) is 2.72. The maximum atomic E-state index is 5.74. The van der Waals surface area contributed by atoms with Gasteiger partial charge in [-0.1, -0.05) is 26.0 Å². The van der Waals surface area contributed by atoms with E-state index in [4.69, 9.17) is 10.5 Å². The molecule has 0 amide bonds. The van der Waals surface area contributed by atoms with Gasteiger partial charge in [0.1, 0.15) is 5.75 Å². The van der Waals surface area contributed by atoms with Crippen LogP contribution in [0, 0.1) is 0 Å². The number of nitrogens with two attached hydrogens (primary N) is 1. The second-order valence-corrected chi connectivity index (χ2v) is 4.39. The molecule has 2 aromatic rings. The molecule has 0 radical (unpaired) electrons. The first kappa shape index (κ1) is 12.5. The minimum Gasteiger partial charge on any atom is -0.437 e. The summed E-state index contributed by atoms with van der Waals surface area (Å²) in [4.78, 5) is 0. The number of ether oxygens (including phenoxy) is 1. The van der Waals surface area contributed by atoms with E-state index >= 15 is 0 Å². The van der Waals surface area contributed by atoms with Crippen LogP contribution in [0.4, 0.5) is 0 Å². The smallest absolute Gasteiger partial charge is 0.243 e. The monoisotopic (exact) mass is 243 g/mol. The SMILES string of the molecule is CC(C)c1cccc(Oc2nnccc2CN)c1. The van der Waals surface area contributed by atoms with Gasteiger partial charge < -0.3 is 10.5 Å². The molecule has 0 unspecified atom stereocenters. The van der Waals surface area contributed by atoms with Crippen molar-refractivity contribution in [2.75, 3.05) is 0 Å². The van der Waals surface area contributed by atoms with Crippen LogP contribution >= 0.6 is 0 Å². The lowest BCUT2D eigenvalue weighted by molar-refractivity contribution is 0.447. The van der Waals surface area contributed by atoms with Gasteiger partial charge >= 0.3 is 0 Å². The molecule has 4 nitrogen and oxygen atoms in total. The van der Waals surface area contributed by atoms with Gasteiger partial charge in [0.25, 0.3) is 0 Å². The van der Waals surface area contributed by atoms with E-state index in [9.17, 15) is 0 Å². The molecule has 0 saturated carbocycles. The van der Waals surface area contributed by atoms with E-state index in [2.05, 4.69) is 30.1 Å². The van der Waals surface area contributed by atoms with E-state index in [1.54, 1.807) is 6.20 Å². The Hall–Kier alpha value is -1.94. The molecule has 2 rings (SSSR count). The molecule has 0 aliphatic carbocycles. The molecule has 0 atom stereocenters. The van der Waals surface area contributed by atoms with Crippen LogP contribution in [0.25, 0.3) is 0 Å².